The van der Waals surface area contributed by atoms with Crippen LogP contribution in [-0.4, -0.2) is 38.7 Å². The number of rotatable bonds is 7. The molecule has 1 N–H and O–H groups in total. The fraction of sp³-hybridized carbons (Fsp3) is 0.345. The van der Waals surface area contributed by atoms with Crippen LogP contribution in [0.3, 0.4) is 0 Å². The molecule has 1 atom stereocenters. The van der Waals surface area contributed by atoms with E-state index in [-0.39, 0.29) is 5.92 Å². The number of hydrogen-bond donors (Lipinski definition) is 1. The molecule has 0 spiro atoms. The van der Waals surface area contributed by atoms with E-state index in [1.54, 1.807) is 11.3 Å². The van der Waals surface area contributed by atoms with Crippen LogP contribution in [0, 0.1) is 12.8 Å². The van der Waals surface area contributed by atoms with Gasteiger partial charge in [-0.3, -0.25) is 9.69 Å². The van der Waals surface area contributed by atoms with Gasteiger partial charge in [0.05, 0.1) is 5.92 Å². The molecule has 36 heavy (non-hydrogen) atoms. The lowest BCUT2D eigenvalue weighted by atomic mass is 9.78. The zero-order valence-electron chi connectivity index (χ0n) is 20.5. The van der Waals surface area contributed by atoms with Crippen LogP contribution in [0.2, 0.25) is 0 Å². The predicted octanol–water partition coefficient (Wildman–Crippen LogP) is 6.61. The highest BCUT2D eigenvalue weighted by Crippen LogP contribution is 2.43. The molecule has 1 unspecified atom stereocenters. The number of carboxylic acids is 1. The van der Waals surface area contributed by atoms with E-state index in [1.165, 1.54) is 27.8 Å². The van der Waals surface area contributed by atoms with E-state index >= 15 is 0 Å². The number of carbonyl (C=O) groups is 1. The minimum atomic E-state index is -0.660. The van der Waals surface area contributed by atoms with Crippen LogP contribution in [0.1, 0.15) is 48.9 Å². The molecule has 0 radical (unpaired) electrons. The molecule has 4 aromatic rings. The molecule has 0 aliphatic heterocycles. The second-order valence-corrected chi connectivity index (χ2v) is 10.7. The van der Waals surface area contributed by atoms with Crippen molar-refractivity contribution in [1.29, 1.82) is 0 Å². The molecule has 0 bridgehead atoms. The van der Waals surface area contributed by atoms with Crippen LogP contribution in [0.15, 0.2) is 57.7 Å². The largest absolute Gasteiger partial charge is 0.481 e. The van der Waals surface area contributed by atoms with Gasteiger partial charge in [0.1, 0.15) is 0 Å². The number of aromatic nitrogens is 2. The Morgan fingerprint density at radius 2 is 1.97 bits per heavy atom. The standard InChI is InChI=1S/C29H29N3O3S/c1-3-32(23-14-22(15-23)29(33)34)26-9-6-18-13-19(4-8-25(18)26)27-30-28(35-31-27)20-5-7-24(17(2)12-20)21-10-11-36-16-21/h4-5,7-8,10-13,16,22-23,26H,3,6,9,14-15H2,1-2H3,(H,33,34)/t22-,23-,26?. The second kappa shape index (κ2) is 9.30. The highest BCUT2D eigenvalue weighted by atomic mass is 32.1. The SMILES string of the molecule is CCN(C1CCc2cc(-c3noc(-c4ccc(-c5ccsc5)c(C)c4)n3)ccc21)[C@H]1C[C@H](C(=O)O)C1. The molecular weight excluding hydrogens is 470 g/mol. The number of hydrogen-bond acceptors (Lipinski definition) is 6. The summed E-state index contributed by atoms with van der Waals surface area (Å²) >= 11 is 1.70. The molecule has 6 nitrogen and oxygen atoms in total. The van der Waals surface area contributed by atoms with Crippen molar-refractivity contribution in [2.75, 3.05) is 6.54 Å². The van der Waals surface area contributed by atoms with Crippen molar-refractivity contribution in [3.05, 3.63) is 69.9 Å². The predicted molar refractivity (Wildman–Crippen MR) is 141 cm³/mol. The average Bonchev–Trinajstić information content (AvgIpc) is 3.61. The average molecular weight is 500 g/mol. The highest BCUT2D eigenvalue weighted by molar-refractivity contribution is 7.08. The third kappa shape index (κ3) is 4.06. The van der Waals surface area contributed by atoms with Crippen LogP contribution in [0.4, 0.5) is 0 Å². The Bertz CT molecular complexity index is 1410. The topological polar surface area (TPSA) is 79.5 Å². The minimum Gasteiger partial charge on any atom is -0.481 e. The smallest absolute Gasteiger partial charge is 0.306 e. The molecule has 184 valence electrons. The number of fused-ring (bicyclic) bond motifs is 1. The Morgan fingerprint density at radius 1 is 1.14 bits per heavy atom. The Labute approximate surface area is 214 Å². The number of thiophene rings is 1. The molecule has 6 rings (SSSR count). The van der Waals surface area contributed by atoms with Gasteiger partial charge >= 0.3 is 5.97 Å². The molecule has 1 fully saturated rings. The van der Waals surface area contributed by atoms with E-state index in [0.717, 1.165) is 43.4 Å². The Kier molecular flexibility index (Phi) is 5.97. The number of carboxylic acid groups (broad SMARTS) is 1. The van der Waals surface area contributed by atoms with Crippen LogP contribution >= 0.6 is 11.3 Å². The van der Waals surface area contributed by atoms with Crippen LogP contribution in [0.25, 0.3) is 34.0 Å². The Balaban J connectivity index is 1.21. The Hall–Kier alpha value is -3.29. The van der Waals surface area contributed by atoms with Gasteiger partial charge in [-0.2, -0.15) is 16.3 Å². The van der Waals surface area contributed by atoms with Gasteiger partial charge in [-0.25, -0.2) is 0 Å². The van der Waals surface area contributed by atoms with Crippen molar-refractivity contribution in [2.45, 2.75) is 51.6 Å². The minimum absolute atomic E-state index is 0.185. The highest BCUT2D eigenvalue weighted by Gasteiger charge is 2.41. The maximum absolute atomic E-state index is 11.3. The monoisotopic (exact) mass is 499 g/mol. The van der Waals surface area contributed by atoms with Crippen molar-refractivity contribution < 1.29 is 14.4 Å². The normalized spacial score (nSPS) is 20.9. The quantitative estimate of drug-likeness (QED) is 0.308. The van der Waals surface area contributed by atoms with Crippen LogP contribution in [-0.2, 0) is 11.2 Å². The summed E-state index contributed by atoms with van der Waals surface area (Å²) in [6.45, 7) is 5.22. The maximum Gasteiger partial charge on any atom is 0.306 e. The lowest BCUT2D eigenvalue weighted by Gasteiger charge is -2.44. The van der Waals surface area contributed by atoms with Gasteiger partial charge in [-0.1, -0.05) is 30.3 Å². The van der Waals surface area contributed by atoms with E-state index in [4.69, 9.17) is 9.51 Å². The fourth-order valence-electron chi connectivity index (χ4n) is 5.87. The van der Waals surface area contributed by atoms with E-state index in [2.05, 4.69) is 71.1 Å². The lowest BCUT2D eigenvalue weighted by molar-refractivity contribution is -0.147. The fourth-order valence-corrected chi connectivity index (χ4v) is 6.52. The first-order valence-electron chi connectivity index (χ1n) is 12.6. The first-order valence-corrected chi connectivity index (χ1v) is 13.5. The summed E-state index contributed by atoms with van der Waals surface area (Å²) in [4.78, 5) is 18.5. The van der Waals surface area contributed by atoms with Gasteiger partial charge in [-0.15, -0.1) is 0 Å². The molecule has 2 aromatic carbocycles. The summed E-state index contributed by atoms with van der Waals surface area (Å²) < 4.78 is 5.65. The van der Waals surface area contributed by atoms with E-state index < -0.39 is 5.97 Å². The first-order chi connectivity index (χ1) is 17.5. The van der Waals surface area contributed by atoms with Gasteiger partial charge in [-0.05, 0) is 102 Å². The van der Waals surface area contributed by atoms with Gasteiger partial charge in [0.15, 0.2) is 0 Å². The van der Waals surface area contributed by atoms with Crippen LogP contribution in [0.5, 0.6) is 0 Å². The summed E-state index contributed by atoms with van der Waals surface area (Å²) in [6.07, 6.45) is 3.58. The zero-order valence-corrected chi connectivity index (χ0v) is 21.3. The van der Waals surface area contributed by atoms with Crippen LogP contribution < -0.4 is 0 Å². The number of aliphatic carboxylic acids is 1. The maximum atomic E-state index is 11.3. The number of aryl methyl sites for hydroxylation is 2. The van der Waals surface area contributed by atoms with Gasteiger partial charge < -0.3 is 9.63 Å². The van der Waals surface area contributed by atoms with E-state index in [0.29, 0.717) is 23.8 Å². The van der Waals surface area contributed by atoms with Gasteiger partial charge in [0, 0.05) is 23.2 Å². The molecule has 0 saturated heterocycles. The summed E-state index contributed by atoms with van der Waals surface area (Å²) in [6, 6.07) is 15.6. The molecule has 2 aliphatic rings. The van der Waals surface area contributed by atoms with Crippen molar-refractivity contribution in [3.8, 4) is 34.0 Å². The molecule has 0 amide bonds. The molecule has 2 aliphatic carbocycles. The summed E-state index contributed by atoms with van der Waals surface area (Å²) in [7, 11) is 0. The van der Waals surface area contributed by atoms with E-state index in [9.17, 15) is 9.90 Å². The molecule has 1 saturated carbocycles. The lowest BCUT2D eigenvalue weighted by Crippen LogP contribution is -2.48. The summed E-state index contributed by atoms with van der Waals surface area (Å²) in [5, 5.41) is 17.8. The second-order valence-electron chi connectivity index (χ2n) is 9.92. The van der Waals surface area contributed by atoms with Crippen molar-refractivity contribution in [1.82, 2.24) is 15.0 Å². The van der Waals surface area contributed by atoms with Crippen molar-refractivity contribution >= 4 is 17.3 Å². The number of benzene rings is 2. The first kappa shape index (κ1) is 23.1. The third-order valence-corrected chi connectivity index (χ3v) is 8.56. The zero-order chi connectivity index (χ0) is 24.8. The molecule has 2 heterocycles. The molecular formula is C29H29N3O3S. The van der Waals surface area contributed by atoms with Crippen molar-refractivity contribution in [3.63, 3.8) is 0 Å². The number of nitrogens with zero attached hydrogens (tertiary/aromatic N) is 3. The molecule has 7 heteroatoms. The summed E-state index contributed by atoms with van der Waals surface area (Å²) in [5.74, 6) is 0.284. The molecule has 2 aromatic heterocycles. The Morgan fingerprint density at radius 3 is 2.69 bits per heavy atom. The third-order valence-electron chi connectivity index (χ3n) is 7.88. The summed E-state index contributed by atoms with van der Waals surface area (Å²) in [5.41, 5.74) is 8.19. The van der Waals surface area contributed by atoms with Gasteiger partial charge in [0.2, 0.25) is 5.82 Å². The van der Waals surface area contributed by atoms with E-state index in [1.807, 2.05) is 6.07 Å². The van der Waals surface area contributed by atoms with Crippen molar-refractivity contribution in [2.24, 2.45) is 5.92 Å². The van der Waals surface area contributed by atoms with Gasteiger partial charge in [0.25, 0.3) is 5.89 Å².